The molecule has 0 amide bonds. The van der Waals surface area contributed by atoms with E-state index in [1.54, 1.807) is 24.3 Å². The maximum absolute atomic E-state index is 12.1. The Bertz CT molecular complexity index is 545. The van der Waals surface area contributed by atoms with Crippen molar-refractivity contribution in [1.29, 1.82) is 0 Å². The van der Waals surface area contributed by atoms with Gasteiger partial charge in [-0.05, 0) is 24.3 Å². The molecule has 0 spiro atoms. The molecule has 3 N–H and O–H groups in total. The Hall–Kier alpha value is -1.85. The normalized spacial score (nSPS) is 10.5. The minimum Gasteiger partial charge on any atom is -0.416 e. The number of rotatable bonds is 8. The molecule has 132 valence electrons. The molecular formula is C17H24NO5P. The van der Waals surface area contributed by atoms with Gasteiger partial charge in [0.1, 0.15) is 11.5 Å². The van der Waals surface area contributed by atoms with Gasteiger partial charge in [-0.3, -0.25) is 0 Å². The third-order valence-electron chi connectivity index (χ3n) is 2.61. The average Bonchev–Trinajstić information content (AvgIpc) is 2.57. The smallest absolute Gasteiger partial charge is 0.416 e. The molecule has 0 atom stereocenters. The molecule has 0 aliphatic rings. The molecule has 0 fully saturated rings. The molecule has 2 aromatic rings. The van der Waals surface area contributed by atoms with E-state index >= 15 is 0 Å². The Morgan fingerprint density at radius 1 is 0.833 bits per heavy atom. The fourth-order valence-electron chi connectivity index (χ4n) is 1.65. The maximum atomic E-state index is 12.1. The molecule has 2 aromatic carbocycles. The van der Waals surface area contributed by atoms with E-state index in [9.17, 15) is 4.57 Å². The molecule has 7 heteroatoms. The van der Waals surface area contributed by atoms with Crippen LogP contribution in [-0.4, -0.2) is 43.2 Å². The summed E-state index contributed by atoms with van der Waals surface area (Å²) in [5.41, 5.74) is 0. The van der Waals surface area contributed by atoms with E-state index in [1.807, 2.05) is 36.4 Å². The molecule has 0 saturated carbocycles. The second-order valence-corrected chi connectivity index (χ2v) is 6.69. The highest BCUT2D eigenvalue weighted by atomic mass is 31.2. The molecule has 0 aliphatic heterocycles. The van der Waals surface area contributed by atoms with Crippen LogP contribution >= 0.6 is 7.60 Å². The highest BCUT2D eigenvalue weighted by molar-refractivity contribution is 7.53. The predicted octanol–water partition coefficient (Wildman–Crippen LogP) is 2.53. The molecule has 2 rings (SSSR count). The summed E-state index contributed by atoms with van der Waals surface area (Å²) in [6, 6.07) is 18.0. The lowest BCUT2D eigenvalue weighted by Crippen LogP contribution is -2.21. The number of benzene rings is 2. The van der Waals surface area contributed by atoms with Crippen LogP contribution < -0.4 is 14.4 Å². The zero-order valence-electron chi connectivity index (χ0n) is 13.7. The second-order valence-electron chi connectivity index (χ2n) is 4.78. The van der Waals surface area contributed by atoms with E-state index in [1.165, 1.54) is 6.66 Å². The van der Waals surface area contributed by atoms with Gasteiger partial charge >= 0.3 is 7.60 Å². The van der Waals surface area contributed by atoms with Crippen LogP contribution in [-0.2, 0) is 4.57 Å². The van der Waals surface area contributed by atoms with Gasteiger partial charge in [0.15, 0.2) is 0 Å². The quantitative estimate of drug-likeness (QED) is 0.499. The minimum absolute atomic E-state index is 0.139. The van der Waals surface area contributed by atoms with Crippen molar-refractivity contribution in [2.45, 2.75) is 0 Å². The first-order chi connectivity index (χ1) is 11.6. The van der Waals surface area contributed by atoms with Crippen LogP contribution in [0, 0.1) is 0 Å². The summed E-state index contributed by atoms with van der Waals surface area (Å²) in [6.07, 6.45) is 0. The van der Waals surface area contributed by atoms with Gasteiger partial charge in [0.25, 0.3) is 0 Å². The summed E-state index contributed by atoms with van der Waals surface area (Å²) >= 11 is 0. The summed E-state index contributed by atoms with van der Waals surface area (Å²) < 4.78 is 22.8. The Balaban J connectivity index is 0.000000351. The van der Waals surface area contributed by atoms with Gasteiger partial charge in [0.05, 0.1) is 19.9 Å². The lowest BCUT2D eigenvalue weighted by atomic mass is 10.3. The van der Waals surface area contributed by atoms with E-state index in [-0.39, 0.29) is 13.2 Å². The average molecular weight is 353 g/mol. The largest absolute Gasteiger partial charge is 0.427 e. The van der Waals surface area contributed by atoms with Gasteiger partial charge < -0.3 is 24.6 Å². The van der Waals surface area contributed by atoms with Gasteiger partial charge in [-0.25, -0.2) is 4.57 Å². The Morgan fingerprint density at radius 2 is 1.21 bits per heavy atom. The molecule has 0 aliphatic carbocycles. The van der Waals surface area contributed by atoms with Crippen LogP contribution in [0.2, 0.25) is 0 Å². The zero-order chi connectivity index (χ0) is 17.7. The lowest BCUT2D eigenvalue weighted by Gasteiger charge is -2.15. The SMILES string of the molecule is CP(=O)(Oc1ccccc1)Oc1ccccc1.OCCNCCO. The maximum Gasteiger partial charge on any atom is 0.427 e. The third-order valence-corrected chi connectivity index (χ3v) is 3.69. The molecule has 0 radical (unpaired) electrons. The number of hydrogen-bond donors (Lipinski definition) is 3. The van der Waals surface area contributed by atoms with Crippen molar-refractivity contribution < 1.29 is 23.8 Å². The van der Waals surface area contributed by atoms with Crippen LogP contribution in [0.5, 0.6) is 11.5 Å². The fraction of sp³-hybridized carbons (Fsp3) is 0.294. The minimum atomic E-state index is -3.14. The van der Waals surface area contributed by atoms with Crippen molar-refractivity contribution in [2.75, 3.05) is 33.0 Å². The van der Waals surface area contributed by atoms with Crippen LogP contribution in [0.15, 0.2) is 60.7 Å². The predicted molar refractivity (Wildman–Crippen MR) is 94.7 cm³/mol. The number of aliphatic hydroxyl groups is 2. The first-order valence-corrected chi connectivity index (χ1v) is 9.55. The lowest BCUT2D eigenvalue weighted by molar-refractivity contribution is 0.266. The monoisotopic (exact) mass is 353 g/mol. The number of para-hydroxylation sites is 2. The van der Waals surface area contributed by atoms with Gasteiger partial charge in [0.2, 0.25) is 0 Å². The van der Waals surface area contributed by atoms with E-state index in [0.29, 0.717) is 24.6 Å². The van der Waals surface area contributed by atoms with E-state index in [2.05, 4.69) is 5.32 Å². The van der Waals surface area contributed by atoms with Crippen molar-refractivity contribution in [1.82, 2.24) is 5.32 Å². The Labute approximate surface area is 142 Å². The topological polar surface area (TPSA) is 88.0 Å². The molecule has 0 aromatic heterocycles. The van der Waals surface area contributed by atoms with Gasteiger partial charge in [-0.15, -0.1) is 0 Å². The summed E-state index contributed by atoms with van der Waals surface area (Å²) in [5.74, 6) is 1.07. The Morgan fingerprint density at radius 3 is 1.54 bits per heavy atom. The summed E-state index contributed by atoms with van der Waals surface area (Å²) in [4.78, 5) is 0. The molecule has 0 heterocycles. The summed E-state index contributed by atoms with van der Waals surface area (Å²) in [7, 11) is -3.14. The molecule has 0 saturated heterocycles. The standard InChI is InChI=1S/C13H13O3P.C4H11NO2/c1-17(14,15-12-8-4-2-5-9-12)16-13-10-6-3-7-11-13;6-3-1-5-2-4-7/h2-11H,1H3;5-7H,1-4H2. The van der Waals surface area contributed by atoms with Crippen LogP contribution in [0.1, 0.15) is 0 Å². The molecular weight excluding hydrogens is 329 g/mol. The molecule has 0 bridgehead atoms. The Kier molecular flexibility index (Phi) is 9.80. The highest BCUT2D eigenvalue weighted by Gasteiger charge is 2.19. The van der Waals surface area contributed by atoms with Crippen molar-refractivity contribution in [3.8, 4) is 11.5 Å². The van der Waals surface area contributed by atoms with Gasteiger partial charge in [-0.2, -0.15) is 0 Å². The van der Waals surface area contributed by atoms with Crippen molar-refractivity contribution in [3.05, 3.63) is 60.7 Å². The van der Waals surface area contributed by atoms with Crippen LogP contribution in [0.4, 0.5) is 0 Å². The fourth-order valence-corrected chi connectivity index (χ4v) is 2.69. The zero-order valence-corrected chi connectivity index (χ0v) is 14.6. The second kappa shape index (κ2) is 11.6. The first-order valence-electron chi connectivity index (χ1n) is 7.56. The number of nitrogens with one attached hydrogen (secondary N) is 1. The molecule has 6 nitrogen and oxygen atoms in total. The molecule has 24 heavy (non-hydrogen) atoms. The van der Waals surface area contributed by atoms with Crippen molar-refractivity contribution >= 4 is 7.60 Å². The van der Waals surface area contributed by atoms with E-state index in [4.69, 9.17) is 19.3 Å². The third kappa shape index (κ3) is 9.33. The van der Waals surface area contributed by atoms with Crippen molar-refractivity contribution in [3.63, 3.8) is 0 Å². The summed E-state index contributed by atoms with van der Waals surface area (Å²) in [6.45, 7) is 2.87. The summed E-state index contributed by atoms with van der Waals surface area (Å²) in [5, 5.41) is 19.1. The van der Waals surface area contributed by atoms with Gasteiger partial charge in [-0.1, -0.05) is 36.4 Å². The van der Waals surface area contributed by atoms with Crippen LogP contribution in [0.25, 0.3) is 0 Å². The number of hydrogen-bond acceptors (Lipinski definition) is 6. The first kappa shape index (κ1) is 20.2. The van der Waals surface area contributed by atoms with E-state index < -0.39 is 7.60 Å². The van der Waals surface area contributed by atoms with Gasteiger partial charge in [0, 0.05) is 13.1 Å². The highest BCUT2D eigenvalue weighted by Crippen LogP contribution is 2.44. The van der Waals surface area contributed by atoms with Crippen LogP contribution in [0.3, 0.4) is 0 Å². The van der Waals surface area contributed by atoms with Crippen molar-refractivity contribution in [2.24, 2.45) is 0 Å². The number of aliphatic hydroxyl groups excluding tert-OH is 2. The molecule has 0 unspecified atom stereocenters. The van der Waals surface area contributed by atoms with E-state index in [0.717, 1.165) is 0 Å².